The Kier molecular flexibility index (Phi) is 5.19. The normalized spacial score (nSPS) is 10.1. The fourth-order valence-corrected chi connectivity index (χ4v) is 2.19. The van der Waals surface area contributed by atoms with Gasteiger partial charge in [0.1, 0.15) is 5.69 Å². The molecule has 1 N–H and O–H groups in total. The number of ether oxygens (including phenoxy) is 1. The van der Waals surface area contributed by atoms with E-state index >= 15 is 0 Å². The number of nitrogens with one attached hydrogen (secondary N) is 1. The van der Waals surface area contributed by atoms with E-state index in [4.69, 9.17) is 27.9 Å². The molecule has 0 radical (unpaired) electrons. The molecule has 0 unspecified atom stereocenters. The maximum absolute atomic E-state index is 11.8. The zero-order chi connectivity index (χ0) is 16.1. The number of nitro benzene ring substituents is 1. The number of hydrogen-bond acceptors (Lipinski definition) is 4. The number of hydrogen-bond donors (Lipinski definition) is 1. The Morgan fingerprint density at radius 2 is 1.77 bits per heavy atom. The standard InChI is InChI=1S/C14H10Cl2N2O4/c15-9-4-3-5-10(16)14(9)22-8-13(19)17-11-6-1-2-7-12(11)18(20)21/h1-7H,8H2,(H,17,19). The van der Waals surface area contributed by atoms with Gasteiger partial charge >= 0.3 is 0 Å². The van der Waals surface area contributed by atoms with Crippen molar-refractivity contribution in [3.63, 3.8) is 0 Å². The van der Waals surface area contributed by atoms with Gasteiger partial charge in [0.05, 0.1) is 15.0 Å². The number of amides is 1. The summed E-state index contributed by atoms with van der Waals surface area (Å²) in [4.78, 5) is 22.1. The van der Waals surface area contributed by atoms with Gasteiger partial charge in [0.2, 0.25) is 0 Å². The topological polar surface area (TPSA) is 81.5 Å². The highest BCUT2D eigenvalue weighted by Crippen LogP contribution is 2.32. The average Bonchev–Trinajstić information content (AvgIpc) is 2.47. The number of benzene rings is 2. The summed E-state index contributed by atoms with van der Waals surface area (Å²) in [6.45, 7) is -0.379. The summed E-state index contributed by atoms with van der Waals surface area (Å²) in [6.07, 6.45) is 0. The molecule has 0 spiro atoms. The molecule has 0 aliphatic rings. The highest BCUT2D eigenvalue weighted by molar-refractivity contribution is 6.37. The van der Waals surface area contributed by atoms with Crippen molar-refractivity contribution in [3.8, 4) is 5.75 Å². The van der Waals surface area contributed by atoms with Crippen LogP contribution < -0.4 is 10.1 Å². The first-order chi connectivity index (χ1) is 10.5. The van der Waals surface area contributed by atoms with Crippen LogP contribution >= 0.6 is 23.2 Å². The lowest BCUT2D eigenvalue weighted by atomic mass is 10.2. The lowest BCUT2D eigenvalue weighted by Gasteiger charge is -2.10. The Bertz CT molecular complexity index is 701. The van der Waals surface area contributed by atoms with Gasteiger partial charge in [-0.1, -0.05) is 41.4 Å². The molecule has 0 atom stereocenters. The minimum absolute atomic E-state index is 0.0892. The van der Waals surface area contributed by atoms with Crippen molar-refractivity contribution in [2.24, 2.45) is 0 Å². The van der Waals surface area contributed by atoms with Crippen LogP contribution in [0.15, 0.2) is 42.5 Å². The number of nitro groups is 1. The summed E-state index contributed by atoms with van der Waals surface area (Å²) < 4.78 is 5.26. The van der Waals surface area contributed by atoms with E-state index in [1.54, 1.807) is 24.3 Å². The lowest BCUT2D eigenvalue weighted by Crippen LogP contribution is -2.20. The number of para-hydroxylation sites is 3. The van der Waals surface area contributed by atoms with E-state index in [0.29, 0.717) is 0 Å². The van der Waals surface area contributed by atoms with Crippen LogP contribution in [0.3, 0.4) is 0 Å². The zero-order valence-corrected chi connectivity index (χ0v) is 12.6. The van der Waals surface area contributed by atoms with Crippen molar-refractivity contribution < 1.29 is 14.5 Å². The zero-order valence-electron chi connectivity index (χ0n) is 11.1. The van der Waals surface area contributed by atoms with Crippen LogP contribution in [-0.2, 0) is 4.79 Å². The quantitative estimate of drug-likeness (QED) is 0.660. The van der Waals surface area contributed by atoms with E-state index < -0.39 is 10.8 Å². The number of carbonyl (C=O) groups is 1. The summed E-state index contributed by atoms with van der Waals surface area (Å²) in [6, 6.07) is 10.6. The summed E-state index contributed by atoms with van der Waals surface area (Å²) in [5, 5.41) is 13.8. The van der Waals surface area contributed by atoms with E-state index in [-0.39, 0.29) is 33.8 Å². The molecule has 2 aromatic carbocycles. The molecule has 2 rings (SSSR count). The van der Waals surface area contributed by atoms with Crippen LogP contribution in [-0.4, -0.2) is 17.4 Å². The first-order valence-corrected chi connectivity index (χ1v) is 6.84. The molecule has 0 bridgehead atoms. The Morgan fingerprint density at radius 3 is 2.41 bits per heavy atom. The third-order valence-corrected chi connectivity index (χ3v) is 3.24. The van der Waals surface area contributed by atoms with Gasteiger partial charge in [-0.15, -0.1) is 0 Å². The number of anilines is 1. The minimum Gasteiger partial charge on any atom is -0.481 e. The van der Waals surface area contributed by atoms with Crippen LogP contribution in [0.4, 0.5) is 11.4 Å². The van der Waals surface area contributed by atoms with Gasteiger partial charge < -0.3 is 10.1 Å². The molecule has 0 saturated carbocycles. The summed E-state index contributed by atoms with van der Waals surface area (Å²) in [5.41, 5.74) is -0.113. The van der Waals surface area contributed by atoms with E-state index in [0.717, 1.165) is 0 Å². The largest absolute Gasteiger partial charge is 0.481 e. The van der Waals surface area contributed by atoms with Crippen LogP contribution in [0.25, 0.3) is 0 Å². The fourth-order valence-electron chi connectivity index (χ4n) is 1.68. The van der Waals surface area contributed by atoms with Crippen molar-refractivity contribution >= 4 is 40.5 Å². The van der Waals surface area contributed by atoms with Crippen molar-refractivity contribution in [3.05, 3.63) is 62.6 Å². The first-order valence-electron chi connectivity index (χ1n) is 6.09. The molecule has 2 aromatic rings. The van der Waals surface area contributed by atoms with Crippen molar-refractivity contribution in [1.82, 2.24) is 0 Å². The van der Waals surface area contributed by atoms with Gasteiger partial charge in [0.25, 0.3) is 11.6 Å². The molecule has 0 heterocycles. The fraction of sp³-hybridized carbons (Fsp3) is 0.0714. The van der Waals surface area contributed by atoms with Gasteiger partial charge in [-0.3, -0.25) is 14.9 Å². The molecule has 0 aromatic heterocycles. The van der Waals surface area contributed by atoms with Crippen LogP contribution in [0.1, 0.15) is 0 Å². The smallest absolute Gasteiger partial charge is 0.292 e. The lowest BCUT2D eigenvalue weighted by molar-refractivity contribution is -0.383. The van der Waals surface area contributed by atoms with E-state index in [9.17, 15) is 14.9 Å². The SMILES string of the molecule is O=C(COc1c(Cl)cccc1Cl)Nc1ccccc1[N+](=O)[O-]. The second-order valence-electron chi connectivity index (χ2n) is 4.16. The summed E-state index contributed by atoms with van der Waals surface area (Å²) >= 11 is 11.8. The second kappa shape index (κ2) is 7.11. The molecule has 114 valence electrons. The van der Waals surface area contributed by atoms with Crippen LogP contribution in [0.5, 0.6) is 5.75 Å². The van der Waals surface area contributed by atoms with Gasteiger partial charge in [0.15, 0.2) is 12.4 Å². The van der Waals surface area contributed by atoms with E-state index in [1.807, 2.05) is 0 Å². The molecule has 0 fully saturated rings. The molecule has 22 heavy (non-hydrogen) atoms. The summed E-state index contributed by atoms with van der Waals surface area (Å²) in [7, 11) is 0. The van der Waals surface area contributed by atoms with Gasteiger partial charge in [-0.25, -0.2) is 0 Å². The number of nitrogens with zero attached hydrogens (tertiary/aromatic N) is 1. The molecule has 0 aliphatic carbocycles. The molecule has 0 aliphatic heterocycles. The average molecular weight is 341 g/mol. The van der Waals surface area contributed by atoms with Crippen LogP contribution in [0.2, 0.25) is 10.0 Å². The van der Waals surface area contributed by atoms with Gasteiger partial charge in [0, 0.05) is 6.07 Å². The van der Waals surface area contributed by atoms with Crippen molar-refractivity contribution in [1.29, 1.82) is 0 Å². The Labute approximate surface area is 135 Å². The Hall–Kier alpha value is -2.31. The molecule has 8 heteroatoms. The van der Waals surface area contributed by atoms with Crippen molar-refractivity contribution in [2.75, 3.05) is 11.9 Å². The number of carbonyl (C=O) groups excluding carboxylic acids is 1. The molecular weight excluding hydrogens is 331 g/mol. The maximum Gasteiger partial charge on any atom is 0.292 e. The first kappa shape index (κ1) is 16.1. The molecular formula is C14H10Cl2N2O4. The third-order valence-electron chi connectivity index (χ3n) is 2.64. The third kappa shape index (κ3) is 3.87. The highest BCUT2D eigenvalue weighted by atomic mass is 35.5. The second-order valence-corrected chi connectivity index (χ2v) is 4.98. The number of rotatable bonds is 5. The van der Waals surface area contributed by atoms with Crippen molar-refractivity contribution in [2.45, 2.75) is 0 Å². The monoisotopic (exact) mass is 340 g/mol. The molecule has 0 saturated heterocycles. The minimum atomic E-state index is -0.582. The summed E-state index contributed by atoms with van der Waals surface area (Å²) in [5.74, 6) is -0.381. The Balaban J connectivity index is 2.04. The predicted octanol–water partition coefficient (Wildman–Crippen LogP) is 3.92. The van der Waals surface area contributed by atoms with E-state index in [2.05, 4.69) is 5.32 Å². The highest BCUT2D eigenvalue weighted by Gasteiger charge is 2.15. The number of halogens is 2. The maximum atomic E-state index is 11.8. The van der Waals surface area contributed by atoms with E-state index in [1.165, 1.54) is 18.2 Å². The predicted molar refractivity (Wildman–Crippen MR) is 83.7 cm³/mol. The molecule has 6 nitrogen and oxygen atoms in total. The molecule has 1 amide bonds. The van der Waals surface area contributed by atoms with Crippen LogP contribution in [0, 0.1) is 10.1 Å². The Morgan fingerprint density at radius 1 is 1.14 bits per heavy atom. The van der Waals surface area contributed by atoms with Gasteiger partial charge in [-0.05, 0) is 18.2 Å². The van der Waals surface area contributed by atoms with Gasteiger partial charge in [-0.2, -0.15) is 0 Å².